The lowest BCUT2D eigenvalue weighted by Gasteiger charge is -2.13. The molecule has 1 aromatic heterocycles. The van der Waals surface area contributed by atoms with E-state index in [0.29, 0.717) is 0 Å². The zero-order valence-electron chi connectivity index (χ0n) is 16.4. The van der Waals surface area contributed by atoms with E-state index >= 15 is 0 Å². The smallest absolute Gasteiger partial charge is 0.160 e. The van der Waals surface area contributed by atoms with Crippen LogP contribution in [-0.4, -0.2) is 9.97 Å². The minimum Gasteiger partial charge on any atom is -0.236 e. The van der Waals surface area contributed by atoms with Gasteiger partial charge in [0, 0.05) is 22.9 Å². The van der Waals surface area contributed by atoms with Crippen LogP contribution in [0.1, 0.15) is 0 Å². The fourth-order valence-electron chi connectivity index (χ4n) is 3.70. The molecule has 0 unspecified atom stereocenters. The highest BCUT2D eigenvalue weighted by Gasteiger charge is 2.15. The van der Waals surface area contributed by atoms with Gasteiger partial charge in [0.2, 0.25) is 0 Å². The molecule has 142 valence electrons. The number of aromatic nitrogens is 2. The van der Waals surface area contributed by atoms with Crippen LogP contribution < -0.4 is 0 Å². The van der Waals surface area contributed by atoms with Gasteiger partial charge in [-0.25, -0.2) is 9.97 Å². The van der Waals surface area contributed by atoms with Gasteiger partial charge in [-0.1, -0.05) is 115 Å². The fourth-order valence-corrected chi connectivity index (χ4v) is 3.70. The van der Waals surface area contributed by atoms with E-state index in [2.05, 4.69) is 66.7 Å². The Bertz CT molecular complexity index is 1260. The monoisotopic (exact) mass is 384 g/mol. The first-order valence-corrected chi connectivity index (χ1v) is 10.0. The lowest BCUT2D eigenvalue weighted by atomic mass is 9.97. The lowest BCUT2D eigenvalue weighted by Crippen LogP contribution is -1.97. The van der Waals surface area contributed by atoms with Gasteiger partial charge >= 0.3 is 0 Å². The Balaban J connectivity index is 1.71. The summed E-state index contributed by atoms with van der Waals surface area (Å²) in [5.41, 5.74) is 7.48. The first kappa shape index (κ1) is 18.0. The zero-order chi connectivity index (χ0) is 20.2. The molecule has 5 aromatic rings. The molecule has 0 atom stereocenters. The molecule has 0 fully saturated rings. The van der Waals surface area contributed by atoms with E-state index in [1.165, 1.54) is 0 Å². The first-order chi connectivity index (χ1) is 14.9. The van der Waals surface area contributed by atoms with Crippen LogP contribution in [0.4, 0.5) is 0 Å². The minimum absolute atomic E-state index is 0.730. The van der Waals surface area contributed by atoms with Crippen molar-refractivity contribution in [3.63, 3.8) is 0 Å². The van der Waals surface area contributed by atoms with Crippen LogP contribution in [-0.2, 0) is 0 Å². The van der Waals surface area contributed by atoms with Crippen LogP contribution in [0.5, 0.6) is 0 Å². The summed E-state index contributed by atoms with van der Waals surface area (Å²) in [6.45, 7) is 0. The molecule has 0 bridgehead atoms. The largest absolute Gasteiger partial charge is 0.236 e. The molecule has 2 heteroatoms. The Morgan fingerprint density at radius 3 is 1.47 bits per heavy atom. The van der Waals surface area contributed by atoms with Gasteiger partial charge in [-0.2, -0.15) is 0 Å². The molecule has 4 aromatic carbocycles. The van der Waals surface area contributed by atoms with E-state index in [1.807, 2.05) is 54.7 Å². The summed E-state index contributed by atoms with van der Waals surface area (Å²) in [4.78, 5) is 9.85. The van der Waals surface area contributed by atoms with E-state index in [0.717, 1.165) is 44.9 Å². The fraction of sp³-hybridized carbons (Fsp3) is 0. The third kappa shape index (κ3) is 3.51. The van der Waals surface area contributed by atoms with Crippen molar-refractivity contribution < 1.29 is 0 Å². The van der Waals surface area contributed by atoms with Crippen LogP contribution in [0.25, 0.3) is 44.9 Å². The molecular formula is C28H20N2. The number of benzene rings is 4. The van der Waals surface area contributed by atoms with Gasteiger partial charge in [0.15, 0.2) is 5.82 Å². The first-order valence-electron chi connectivity index (χ1n) is 10.0. The molecule has 0 radical (unpaired) electrons. The summed E-state index contributed by atoms with van der Waals surface area (Å²) >= 11 is 0. The predicted molar refractivity (Wildman–Crippen MR) is 124 cm³/mol. The Kier molecular flexibility index (Phi) is 4.89. The maximum absolute atomic E-state index is 5.06. The van der Waals surface area contributed by atoms with Gasteiger partial charge in [0.05, 0.1) is 5.69 Å². The standard InChI is InChI=1S/C28H20N2/c1-4-12-21(13-5-1)24-18-10-11-19-25(24)28-29-20-26(22-14-6-2-7-15-22)27(30-28)23-16-8-3-9-17-23/h1-20H. The van der Waals surface area contributed by atoms with Crippen LogP contribution in [0, 0.1) is 0 Å². The number of hydrogen-bond donors (Lipinski definition) is 0. The van der Waals surface area contributed by atoms with Crippen molar-refractivity contribution >= 4 is 0 Å². The summed E-state index contributed by atoms with van der Waals surface area (Å²) in [6.07, 6.45) is 1.95. The van der Waals surface area contributed by atoms with Gasteiger partial charge in [0.1, 0.15) is 0 Å². The van der Waals surface area contributed by atoms with Gasteiger partial charge in [-0.15, -0.1) is 0 Å². The van der Waals surface area contributed by atoms with E-state index in [1.54, 1.807) is 0 Å². The minimum atomic E-state index is 0.730. The number of hydrogen-bond acceptors (Lipinski definition) is 2. The Morgan fingerprint density at radius 1 is 0.400 bits per heavy atom. The summed E-state index contributed by atoms with van der Waals surface area (Å²) in [7, 11) is 0. The van der Waals surface area contributed by atoms with Crippen LogP contribution >= 0.6 is 0 Å². The Morgan fingerprint density at radius 2 is 0.867 bits per heavy atom. The molecule has 0 amide bonds. The highest BCUT2D eigenvalue weighted by Crippen LogP contribution is 2.34. The van der Waals surface area contributed by atoms with Gasteiger partial charge in [0.25, 0.3) is 0 Å². The third-order valence-corrected chi connectivity index (χ3v) is 5.17. The SMILES string of the molecule is c1ccc(-c2ccccc2-c2ncc(-c3ccccc3)c(-c3ccccc3)n2)cc1. The number of nitrogens with zero attached hydrogens (tertiary/aromatic N) is 2. The maximum Gasteiger partial charge on any atom is 0.160 e. The number of rotatable bonds is 4. The molecule has 30 heavy (non-hydrogen) atoms. The molecule has 0 aliphatic rings. The van der Waals surface area contributed by atoms with E-state index < -0.39 is 0 Å². The normalized spacial score (nSPS) is 10.7. The summed E-state index contributed by atoms with van der Waals surface area (Å²) in [5.74, 6) is 0.730. The topological polar surface area (TPSA) is 25.8 Å². The molecule has 1 heterocycles. The Labute approximate surface area is 176 Å². The van der Waals surface area contributed by atoms with E-state index in [9.17, 15) is 0 Å². The molecule has 0 saturated carbocycles. The average molecular weight is 384 g/mol. The van der Waals surface area contributed by atoms with Crippen molar-refractivity contribution in [1.82, 2.24) is 9.97 Å². The maximum atomic E-state index is 5.06. The van der Waals surface area contributed by atoms with Crippen LogP contribution in [0.15, 0.2) is 121 Å². The van der Waals surface area contributed by atoms with Crippen LogP contribution in [0.2, 0.25) is 0 Å². The molecule has 5 rings (SSSR count). The molecule has 0 aliphatic carbocycles. The van der Waals surface area contributed by atoms with E-state index in [4.69, 9.17) is 9.97 Å². The second kappa shape index (κ2) is 8.14. The molecule has 0 saturated heterocycles. The van der Waals surface area contributed by atoms with Gasteiger partial charge in [-0.05, 0) is 16.7 Å². The van der Waals surface area contributed by atoms with Crippen molar-refractivity contribution in [2.75, 3.05) is 0 Å². The van der Waals surface area contributed by atoms with Gasteiger partial charge in [-0.3, -0.25) is 0 Å². The molecule has 0 spiro atoms. The average Bonchev–Trinajstić information content (AvgIpc) is 2.85. The Hall–Kier alpha value is -4.04. The molecular weight excluding hydrogens is 364 g/mol. The second-order valence-corrected chi connectivity index (χ2v) is 7.10. The van der Waals surface area contributed by atoms with Crippen molar-refractivity contribution in [3.05, 3.63) is 121 Å². The van der Waals surface area contributed by atoms with Crippen molar-refractivity contribution in [1.29, 1.82) is 0 Å². The van der Waals surface area contributed by atoms with Gasteiger partial charge < -0.3 is 0 Å². The highest BCUT2D eigenvalue weighted by molar-refractivity contribution is 5.84. The third-order valence-electron chi connectivity index (χ3n) is 5.17. The van der Waals surface area contributed by atoms with Crippen LogP contribution in [0.3, 0.4) is 0 Å². The predicted octanol–water partition coefficient (Wildman–Crippen LogP) is 7.14. The summed E-state index contributed by atoms with van der Waals surface area (Å²) in [6, 6.07) is 39.3. The highest BCUT2D eigenvalue weighted by atomic mass is 14.9. The van der Waals surface area contributed by atoms with Crippen molar-refractivity contribution in [3.8, 4) is 44.9 Å². The van der Waals surface area contributed by atoms with Crippen molar-refractivity contribution in [2.45, 2.75) is 0 Å². The second-order valence-electron chi connectivity index (χ2n) is 7.10. The molecule has 0 N–H and O–H groups in total. The molecule has 2 nitrogen and oxygen atoms in total. The summed E-state index contributed by atoms with van der Waals surface area (Å²) in [5, 5.41) is 0. The molecule has 0 aliphatic heterocycles. The van der Waals surface area contributed by atoms with E-state index in [-0.39, 0.29) is 0 Å². The van der Waals surface area contributed by atoms with Crippen molar-refractivity contribution in [2.24, 2.45) is 0 Å². The zero-order valence-corrected chi connectivity index (χ0v) is 16.4. The summed E-state index contributed by atoms with van der Waals surface area (Å²) < 4.78 is 0. The lowest BCUT2D eigenvalue weighted by molar-refractivity contribution is 1.18. The quantitative estimate of drug-likeness (QED) is 0.329.